The molecule has 1 atom stereocenters. The van der Waals surface area contributed by atoms with E-state index in [-0.39, 0.29) is 0 Å². The number of amides is 1. The molecule has 2 aromatic rings. The summed E-state index contributed by atoms with van der Waals surface area (Å²) in [5.41, 5.74) is 0.773. The molecule has 0 unspecified atom stereocenters. The third-order valence-corrected chi connectivity index (χ3v) is 4.36. The van der Waals surface area contributed by atoms with Crippen LogP contribution in [0.5, 0.6) is 0 Å². The van der Waals surface area contributed by atoms with Crippen molar-refractivity contribution in [2.75, 3.05) is 5.32 Å². The number of hydrogen-bond donors (Lipinski definition) is 2. The van der Waals surface area contributed by atoms with Crippen LogP contribution in [-0.4, -0.2) is 15.9 Å². The van der Waals surface area contributed by atoms with Crippen LogP contribution in [0.15, 0.2) is 42.5 Å². The topological polar surface area (TPSA) is 41.1 Å². The lowest BCUT2D eigenvalue weighted by Crippen LogP contribution is -2.49. The highest BCUT2D eigenvalue weighted by Crippen LogP contribution is 2.33. The molecular weight excluding hydrogens is 437 g/mol. The summed E-state index contributed by atoms with van der Waals surface area (Å²) in [6, 6.07) is 11.1. The number of carbonyl (C=O) groups is 1. The number of rotatable bonds is 4. The number of hydrogen-bond acceptors (Lipinski definition) is 2. The predicted molar refractivity (Wildman–Crippen MR) is 103 cm³/mol. The molecular formula is C15H10Cl6N2O. The molecule has 0 saturated heterocycles. The summed E-state index contributed by atoms with van der Waals surface area (Å²) in [7, 11) is 0. The van der Waals surface area contributed by atoms with Gasteiger partial charge in [0.15, 0.2) is 0 Å². The monoisotopic (exact) mass is 444 g/mol. The maximum Gasteiger partial charge on any atom is 0.253 e. The lowest BCUT2D eigenvalue weighted by Gasteiger charge is -2.28. The number of anilines is 1. The molecule has 2 N–H and O–H groups in total. The molecule has 128 valence electrons. The van der Waals surface area contributed by atoms with Crippen molar-refractivity contribution in [3.8, 4) is 0 Å². The highest BCUT2D eigenvalue weighted by atomic mass is 35.6. The van der Waals surface area contributed by atoms with Crippen LogP contribution in [-0.2, 0) is 0 Å². The fourth-order valence-electron chi connectivity index (χ4n) is 1.81. The van der Waals surface area contributed by atoms with E-state index in [1.807, 2.05) is 0 Å². The van der Waals surface area contributed by atoms with E-state index in [1.165, 1.54) is 12.1 Å². The molecule has 0 saturated carbocycles. The maximum absolute atomic E-state index is 12.3. The Bertz CT molecular complexity index is 747. The molecule has 2 aromatic carbocycles. The summed E-state index contributed by atoms with van der Waals surface area (Å²) >= 11 is 35.7. The van der Waals surface area contributed by atoms with E-state index in [4.69, 9.17) is 69.6 Å². The van der Waals surface area contributed by atoms with Gasteiger partial charge < -0.3 is 10.6 Å². The van der Waals surface area contributed by atoms with Crippen molar-refractivity contribution in [3.05, 3.63) is 63.1 Å². The molecule has 1 amide bonds. The fraction of sp³-hybridized carbons (Fsp3) is 0.133. The summed E-state index contributed by atoms with van der Waals surface area (Å²) in [4.78, 5) is 12.3. The molecule has 0 radical (unpaired) electrons. The highest BCUT2D eigenvalue weighted by Gasteiger charge is 2.34. The Morgan fingerprint density at radius 1 is 0.958 bits per heavy atom. The van der Waals surface area contributed by atoms with Crippen LogP contribution < -0.4 is 10.6 Å². The SMILES string of the molecule is O=C(N[C@@H](Nc1ccc(Cl)cc1Cl)C(Cl)(Cl)Cl)c1cccc(Cl)c1. The van der Waals surface area contributed by atoms with Gasteiger partial charge in [-0.1, -0.05) is 75.7 Å². The molecule has 0 bridgehead atoms. The standard InChI is InChI=1S/C15H10Cl6N2O/c16-9-3-1-2-8(6-9)13(24)23-14(15(19,20)21)22-12-5-4-10(17)7-11(12)18/h1-7,14,22H,(H,23,24)/t14-/m1/s1. The van der Waals surface area contributed by atoms with Crippen LogP contribution >= 0.6 is 69.6 Å². The molecule has 0 aromatic heterocycles. The van der Waals surface area contributed by atoms with Crippen molar-refractivity contribution >= 4 is 81.2 Å². The Kier molecular flexibility index (Phi) is 6.77. The molecule has 0 aliphatic carbocycles. The van der Waals surface area contributed by atoms with E-state index in [9.17, 15) is 4.79 Å². The summed E-state index contributed by atoms with van der Waals surface area (Å²) in [6.45, 7) is 0. The van der Waals surface area contributed by atoms with Crippen LogP contribution in [0.1, 0.15) is 10.4 Å². The third kappa shape index (κ3) is 5.48. The molecule has 0 spiro atoms. The quantitative estimate of drug-likeness (QED) is 0.434. The zero-order valence-corrected chi connectivity index (χ0v) is 16.3. The minimum Gasteiger partial charge on any atom is -0.361 e. The average Bonchev–Trinajstić information content (AvgIpc) is 2.48. The first-order valence-corrected chi connectivity index (χ1v) is 8.78. The lowest BCUT2D eigenvalue weighted by molar-refractivity contribution is 0.0942. The van der Waals surface area contributed by atoms with Crippen molar-refractivity contribution in [2.45, 2.75) is 9.96 Å². The second kappa shape index (κ2) is 8.22. The summed E-state index contributed by atoms with van der Waals surface area (Å²) < 4.78 is -1.84. The van der Waals surface area contributed by atoms with Crippen LogP contribution in [0.3, 0.4) is 0 Å². The van der Waals surface area contributed by atoms with Gasteiger partial charge in [-0.25, -0.2) is 0 Å². The average molecular weight is 447 g/mol. The molecule has 9 heteroatoms. The second-order valence-electron chi connectivity index (χ2n) is 4.73. The van der Waals surface area contributed by atoms with E-state index in [1.54, 1.807) is 30.3 Å². The number of nitrogens with one attached hydrogen (secondary N) is 2. The zero-order valence-electron chi connectivity index (χ0n) is 11.8. The zero-order chi connectivity index (χ0) is 17.9. The summed E-state index contributed by atoms with van der Waals surface area (Å²) in [6.07, 6.45) is -1.05. The maximum atomic E-state index is 12.3. The lowest BCUT2D eigenvalue weighted by atomic mass is 10.2. The first-order chi connectivity index (χ1) is 11.2. The molecule has 3 nitrogen and oxygen atoms in total. The molecule has 2 rings (SSSR count). The Morgan fingerprint density at radius 3 is 2.21 bits per heavy atom. The second-order valence-corrected chi connectivity index (χ2v) is 8.38. The Morgan fingerprint density at radius 2 is 1.62 bits per heavy atom. The van der Waals surface area contributed by atoms with Crippen LogP contribution in [0.25, 0.3) is 0 Å². The Balaban J connectivity index is 2.21. The first-order valence-electron chi connectivity index (χ1n) is 6.51. The molecule has 0 fully saturated rings. The van der Waals surface area contributed by atoms with Gasteiger partial charge in [-0.15, -0.1) is 0 Å². The van der Waals surface area contributed by atoms with Gasteiger partial charge in [0.05, 0.1) is 10.7 Å². The highest BCUT2D eigenvalue weighted by molar-refractivity contribution is 6.68. The van der Waals surface area contributed by atoms with E-state index >= 15 is 0 Å². The first kappa shape index (κ1) is 19.8. The van der Waals surface area contributed by atoms with Gasteiger partial charge >= 0.3 is 0 Å². The van der Waals surface area contributed by atoms with Crippen molar-refractivity contribution in [1.29, 1.82) is 0 Å². The smallest absolute Gasteiger partial charge is 0.253 e. The van der Waals surface area contributed by atoms with Gasteiger partial charge in [0.25, 0.3) is 5.91 Å². The molecule has 24 heavy (non-hydrogen) atoms. The summed E-state index contributed by atoms with van der Waals surface area (Å²) in [5, 5.41) is 6.67. The van der Waals surface area contributed by atoms with E-state index in [2.05, 4.69) is 10.6 Å². The van der Waals surface area contributed by atoms with Crippen molar-refractivity contribution in [2.24, 2.45) is 0 Å². The Hall–Kier alpha value is -0.550. The number of halogens is 6. The normalized spacial score (nSPS) is 12.6. The van der Waals surface area contributed by atoms with Gasteiger partial charge in [0.2, 0.25) is 3.79 Å². The van der Waals surface area contributed by atoms with Crippen molar-refractivity contribution < 1.29 is 4.79 Å². The van der Waals surface area contributed by atoms with Crippen molar-refractivity contribution in [1.82, 2.24) is 5.32 Å². The molecule has 0 heterocycles. The van der Waals surface area contributed by atoms with E-state index < -0.39 is 15.9 Å². The van der Waals surface area contributed by atoms with E-state index in [0.29, 0.717) is 26.3 Å². The minimum absolute atomic E-state index is 0.318. The summed E-state index contributed by atoms with van der Waals surface area (Å²) in [5.74, 6) is -0.466. The van der Waals surface area contributed by atoms with Gasteiger partial charge in [0.1, 0.15) is 6.17 Å². The number of alkyl halides is 3. The van der Waals surface area contributed by atoms with Gasteiger partial charge in [0, 0.05) is 15.6 Å². The third-order valence-electron chi connectivity index (χ3n) is 2.92. The van der Waals surface area contributed by atoms with E-state index in [0.717, 1.165) is 0 Å². The van der Waals surface area contributed by atoms with Crippen LogP contribution in [0, 0.1) is 0 Å². The van der Waals surface area contributed by atoms with Gasteiger partial charge in [-0.2, -0.15) is 0 Å². The van der Waals surface area contributed by atoms with Crippen molar-refractivity contribution in [3.63, 3.8) is 0 Å². The number of benzene rings is 2. The fourth-order valence-corrected chi connectivity index (χ4v) is 2.79. The molecule has 0 aliphatic heterocycles. The van der Waals surface area contributed by atoms with Gasteiger partial charge in [-0.3, -0.25) is 4.79 Å². The predicted octanol–water partition coefficient (Wildman–Crippen LogP) is 6.19. The largest absolute Gasteiger partial charge is 0.361 e. The minimum atomic E-state index is -1.84. The van der Waals surface area contributed by atoms with Gasteiger partial charge in [-0.05, 0) is 36.4 Å². The Labute approximate surface area is 169 Å². The number of carbonyl (C=O) groups excluding carboxylic acids is 1. The van der Waals surface area contributed by atoms with Crippen LogP contribution in [0.4, 0.5) is 5.69 Å². The van der Waals surface area contributed by atoms with Crippen LogP contribution in [0.2, 0.25) is 15.1 Å². The molecule has 0 aliphatic rings.